The number of carbonyl (C=O) groups excluding carboxylic acids is 2. The Morgan fingerprint density at radius 2 is 1.57 bits per heavy atom. The normalized spacial score (nSPS) is 13.0. The van der Waals surface area contributed by atoms with Crippen LogP contribution < -0.4 is 25.0 Å². The van der Waals surface area contributed by atoms with Crippen molar-refractivity contribution in [2.45, 2.75) is 11.1 Å². The van der Waals surface area contributed by atoms with E-state index in [1.54, 1.807) is 0 Å². The number of sulfonamides is 1. The standard InChI is InChI=1S/C17H14F3N3O6S/c18-17(19,20)8-21-30(26,27)12-3-1-2-10(6-12)15(24)22-23-16(25)11-4-5-13-14(7-11)29-9-28-13/h1-7,21H,8-9H2,(H,22,24)(H,23,25). The van der Waals surface area contributed by atoms with E-state index in [4.69, 9.17) is 9.47 Å². The average molecular weight is 445 g/mol. The second-order valence-corrected chi connectivity index (χ2v) is 7.71. The van der Waals surface area contributed by atoms with Crippen molar-refractivity contribution >= 4 is 21.8 Å². The summed E-state index contributed by atoms with van der Waals surface area (Å²) in [6.45, 7) is -1.73. The summed E-state index contributed by atoms with van der Waals surface area (Å²) in [7, 11) is -4.49. The van der Waals surface area contributed by atoms with Gasteiger partial charge in [-0.3, -0.25) is 20.4 Å². The first-order valence-electron chi connectivity index (χ1n) is 8.22. The molecule has 0 radical (unpaired) electrons. The Hall–Kier alpha value is -3.32. The van der Waals surface area contributed by atoms with Crippen molar-refractivity contribution in [3.05, 3.63) is 53.6 Å². The van der Waals surface area contributed by atoms with Gasteiger partial charge >= 0.3 is 6.18 Å². The Kier molecular flexibility index (Phi) is 5.85. The van der Waals surface area contributed by atoms with Crippen molar-refractivity contribution in [2.24, 2.45) is 0 Å². The first-order valence-corrected chi connectivity index (χ1v) is 9.70. The van der Waals surface area contributed by atoms with Crippen molar-refractivity contribution in [1.82, 2.24) is 15.6 Å². The topological polar surface area (TPSA) is 123 Å². The fourth-order valence-electron chi connectivity index (χ4n) is 2.36. The van der Waals surface area contributed by atoms with E-state index in [-0.39, 0.29) is 17.9 Å². The Balaban J connectivity index is 1.64. The largest absolute Gasteiger partial charge is 0.454 e. The molecule has 0 aliphatic carbocycles. The molecule has 1 aliphatic rings. The Morgan fingerprint density at radius 1 is 0.933 bits per heavy atom. The SMILES string of the molecule is O=C(NNC(=O)c1ccc2c(c1)OCO2)c1cccc(S(=O)(=O)NCC(F)(F)F)c1. The van der Waals surface area contributed by atoms with Gasteiger partial charge in [-0.2, -0.15) is 13.2 Å². The van der Waals surface area contributed by atoms with Gasteiger partial charge in [0.15, 0.2) is 11.5 Å². The minimum atomic E-state index is -4.74. The molecule has 160 valence electrons. The highest BCUT2D eigenvalue weighted by atomic mass is 32.2. The van der Waals surface area contributed by atoms with Gasteiger partial charge in [0.05, 0.1) is 4.90 Å². The molecule has 0 bridgehead atoms. The molecular formula is C17H14F3N3O6S. The van der Waals surface area contributed by atoms with Gasteiger partial charge in [0.25, 0.3) is 11.8 Å². The zero-order chi connectivity index (χ0) is 21.9. The van der Waals surface area contributed by atoms with Crippen LogP contribution in [-0.2, 0) is 10.0 Å². The maximum absolute atomic E-state index is 12.3. The van der Waals surface area contributed by atoms with E-state index in [2.05, 4.69) is 10.9 Å². The fraction of sp³-hybridized carbons (Fsp3) is 0.176. The van der Waals surface area contributed by atoms with Crippen LogP contribution in [0.4, 0.5) is 13.2 Å². The van der Waals surface area contributed by atoms with Gasteiger partial charge < -0.3 is 9.47 Å². The van der Waals surface area contributed by atoms with Crippen LogP contribution in [0.1, 0.15) is 20.7 Å². The van der Waals surface area contributed by atoms with E-state index in [1.165, 1.54) is 35.1 Å². The number of carbonyl (C=O) groups is 2. The number of nitrogens with one attached hydrogen (secondary N) is 3. The predicted octanol–water partition coefficient (Wildman–Crippen LogP) is 1.33. The summed E-state index contributed by atoms with van der Waals surface area (Å²) in [5.41, 5.74) is 4.20. The molecule has 3 rings (SSSR count). The summed E-state index contributed by atoms with van der Waals surface area (Å²) in [6, 6.07) is 8.67. The first-order chi connectivity index (χ1) is 14.0. The molecule has 1 heterocycles. The molecule has 0 aromatic heterocycles. The molecule has 3 N–H and O–H groups in total. The van der Waals surface area contributed by atoms with Crippen molar-refractivity contribution < 1.29 is 40.7 Å². The van der Waals surface area contributed by atoms with Crippen LogP contribution in [0.2, 0.25) is 0 Å². The second kappa shape index (κ2) is 8.20. The summed E-state index contributed by atoms with van der Waals surface area (Å²) >= 11 is 0. The van der Waals surface area contributed by atoms with E-state index in [1.807, 2.05) is 0 Å². The van der Waals surface area contributed by atoms with Gasteiger partial charge in [0, 0.05) is 11.1 Å². The van der Waals surface area contributed by atoms with Gasteiger partial charge in [-0.1, -0.05) is 6.07 Å². The highest BCUT2D eigenvalue weighted by Gasteiger charge is 2.30. The van der Waals surface area contributed by atoms with Crippen LogP contribution in [0.25, 0.3) is 0 Å². The molecule has 1 aliphatic heterocycles. The average Bonchev–Trinajstić information content (AvgIpc) is 3.18. The van der Waals surface area contributed by atoms with Crippen LogP contribution in [0.3, 0.4) is 0 Å². The number of hydrogen-bond donors (Lipinski definition) is 3. The molecule has 30 heavy (non-hydrogen) atoms. The highest BCUT2D eigenvalue weighted by Crippen LogP contribution is 2.32. The minimum absolute atomic E-state index is 0.0220. The third-order valence-corrected chi connectivity index (χ3v) is 5.19. The summed E-state index contributed by atoms with van der Waals surface area (Å²) in [5, 5.41) is 0. The lowest BCUT2D eigenvalue weighted by Crippen LogP contribution is -2.41. The zero-order valence-electron chi connectivity index (χ0n) is 14.9. The van der Waals surface area contributed by atoms with Crippen molar-refractivity contribution in [3.8, 4) is 11.5 Å². The Labute approximate surface area is 168 Å². The molecular weight excluding hydrogens is 431 g/mol. The monoisotopic (exact) mass is 445 g/mol. The molecule has 0 unspecified atom stereocenters. The second-order valence-electron chi connectivity index (χ2n) is 5.94. The van der Waals surface area contributed by atoms with E-state index < -0.39 is 39.5 Å². The predicted molar refractivity (Wildman–Crippen MR) is 95.2 cm³/mol. The molecule has 0 atom stereocenters. The van der Waals surface area contributed by atoms with E-state index in [0.717, 1.165) is 12.1 Å². The quantitative estimate of drug-likeness (QED) is 0.597. The fourth-order valence-corrected chi connectivity index (χ4v) is 3.42. The molecule has 0 spiro atoms. The van der Waals surface area contributed by atoms with E-state index in [0.29, 0.717) is 11.5 Å². The third-order valence-electron chi connectivity index (χ3n) is 3.79. The van der Waals surface area contributed by atoms with Crippen LogP contribution >= 0.6 is 0 Å². The van der Waals surface area contributed by atoms with Gasteiger partial charge in [-0.25, -0.2) is 13.1 Å². The van der Waals surface area contributed by atoms with Crippen LogP contribution in [0.15, 0.2) is 47.4 Å². The molecule has 13 heteroatoms. The maximum Gasteiger partial charge on any atom is 0.402 e. The summed E-state index contributed by atoms with van der Waals surface area (Å²) in [4.78, 5) is 23.8. The minimum Gasteiger partial charge on any atom is -0.454 e. The van der Waals surface area contributed by atoms with E-state index >= 15 is 0 Å². The number of hydrogen-bond acceptors (Lipinski definition) is 6. The zero-order valence-corrected chi connectivity index (χ0v) is 15.8. The van der Waals surface area contributed by atoms with E-state index in [9.17, 15) is 31.2 Å². The number of hydrazine groups is 1. The lowest BCUT2D eigenvalue weighted by molar-refractivity contribution is -0.121. The van der Waals surface area contributed by atoms with Gasteiger partial charge in [0.2, 0.25) is 16.8 Å². The number of benzene rings is 2. The number of amides is 2. The van der Waals surface area contributed by atoms with Crippen molar-refractivity contribution in [3.63, 3.8) is 0 Å². The molecule has 0 fully saturated rings. The number of rotatable bonds is 5. The molecule has 2 aromatic carbocycles. The molecule has 9 nitrogen and oxygen atoms in total. The Morgan fingerprint density at radius 3 is 2.23 bits per heavy atom. The summed E-state index contributed by atoms with van der Waals surface area (Å²) in [5.74, 6) is -0.736. The maximum atomic E-state index is 12.3. The van der Waals surface area contributed by atoms with Crippen molar-refractivity contribution in [1.29, 1.82) is 0 Å². The third kappa shape index (κ3) is 5.18. The number of fused-ring (bicyclic) bond motifs is 1. The first kappa shape index (κ1) is 21.4. The van der Waals surface area contributed by atoms with Gasteiger partial charge in [0.1, 0.15) is 6.54 Å². The lowest BCUT2D eigenvalue weighted by Gasteiger charge is -2.11. The van der Waals surface area contributed by atoms with Crippen LogP contribution in [0, 0.1) is 0 Å². The number of halogens is 3. The molecule has 0 saturated heterocycles. The van der Waals surface area contributed by atoms with Crippen LogP contribution in [-0.4, -0.2) is 39.7 Å². The van der Waals surface area contributed by atoms with Gasteiger partial charge in [-0.15, -0.1) is 0 Å². The molecule has 2 amide bonds. The molecule has 0 saturated carbocycles. The van der Waals surface area contributed by atoms with Crippen LogP contribution in [0.5, 0.6) is 11.5 Å². The number of ether oxygens (including phenoxy) is 2. The van der Waals surface area contributed by atoms with Gasteiger partial charge in [-0.05, 0) is 36.4 Å². The lowest BCUT2D eigenvalue weighted by atomic mass is 10.2. The number of alkyl halides is 3. The molecule has 2 aromatic rings. The highest BCUT2D eigenvalue weighted by molar-refractivity contribution is 7.89. The Bertz CT molecular complexity index is 1090. The summed E-state index contributed by atoms with van der Waals surface area (Å²) < 4.78 is 72.4. The smallest absolute Gasteiger partial charge is 0.402 e. The summed E-state index contributed by atoms with van der Waals surface area (Å²) in [6.07, 6.45) is -4.74. The van der Waals surface area contributed by atoms with Crippen molar-refractivity contribution in [2.75, 3.05) is 13.3 Å².